The van der Waals surface area contributed by atoms with Crippen LogP contribution in [0.1, 0.15) is 0 Å². The van der Waals surface area contributed by atoms with Gasteiger partial charge in [-0.2, -0.15) is 0 Å². The molecule has 0 saturated carbocycles. The van der Waals surface area contributed by atoms with Crippen molar-refractivity contribution in [3.63, 3.8) is 0 Å². The van der Waals surface area contributed by atoms with Gasteiger partial charge in [-0.3, -0.25) is 4.79 Å². The fourth-order valence-electron chi connectivity index (χ4n) is 0.669. The van der Waals surface area contributed by atoms with Gasteiger partial charge in [-0.05, 0) is 23.5 Å². The second-order valence-corrected chi connectivity index (χ2v) is 3.21. The van der Waals surface area contributed by atoms with E-state index in [0.29, 0.717) is 0 Å². The van der Waals surface area contributed by atoms with Crippen molar-refractivity contribution < 1.29 is 4.79 Å². The summed E-state index contributed by atoms with van der Waals surface area (Å²) in [6.07, 6.45) is 0. The number of amides is 1. The van der Waals surface area contributed by atoms with E-state index < -0.39 is 0 Å². The van der Waals surface area contributed by atoms with Crippen LogP contribution >= 0.6 is 19.8 Å². The number of anilines is 1. The van der Waals surface area contributed by atoms with Gasteiger partial charge in [0.05, 0.1) is 0 Å². The molecule has 58 valence electrons. The monoisotopic (exact) mass is 185 g/mol. The standard InChI is InChI=1S/C7H8NOPS/c9-7(11-10)8-6-4-2-1-3-5-6/h1-5H,10H2,(H,8,9). The molecule has 11 heavy (non-hydrogen) atoms. The van der Waals surface area contributed by atoms with Crippen molar-refractivity contribution in [3.8, 4) is 0 Å². The summed E-state index contributed by atoms with van der Waals surface area (Å²) in [7, 11) is 2.29. The SMILES string of the molecule is O=C(Nc1ccccc1)SP. The molecule has 0 aliphatic rings. The number of hydrogen-bond acceptors (Lipinski definition) is 2. The number of rotatable bonds is 1. The Morgan fingerprint density at radius 2 is 2.00 bits per heavy atom. The molecule has 4 heteroatoms. The second kappa shape index (κ2) is 4.37. The normalized spacial score (nSPS) is 9.18. The van der Waals surface area contributed by atoms with E-state index in [1.54, 1.807) is 0 Å². The van der Waals surface area contributed by atoms with Gasteiger partial charge in [0.1, 0.15) is 0 Å². The molecule has 1 aromatic carbocycles. The van der Waals surface area contributed by atoms with Crippen molar-refractivity contribution >= 4 is 30.7 Å². The Balaban J connectivity index is 2.58. The number of benzene rings is 1. The highest BCUT2D eigenvalue weighted by molar-refractivity contribution is 8.52. The van der Waals surface area contributed by atoms with E-state index >= 15 is 0 Å². The Morgan fingerprint density at radius 3 is 2.55 bits per heavy atom. The van der Waals surface area contributed by atoms with Gasteiger partial charge in [0.2, 0.25) is 0 Å². The Kier molecular flexibility index (Phi) is 3.40. The van der Waals surface area contributed by atoms with Crippen molar-refractivity contribution in [2.75, 3.05) is 5.32 Å². The van der Waals surface area contributed by atoms with Crippen LogP contribution < -0.4 is 5.32 Å². The van der Waals surface area contributed by atoms with Gasteiger partial charge < -0.3 is 5.32 Å². The minimum atomic E-state index is -0.0683. The first-order chi connectivity index (χ1) is 5.33. The van der Waals surface area contributed by atoms with Gasteiger partial charge in [0.15, 0.2) is 0 Å². The van der Waals surface area contributed by atoms with E-state index in [0.717, 1.165) is 17.1 Å². The van der Waals surface area contributed by atoms with E-state index in [9.17, 15) is 4.79 Å². The number of nitrogens with one attached hydrogen (secondary N) is 1. The summed E-state index contributed by atoms with van der Waals surface area (Å²) in [5.74, 6) is 0. The van der Waals surface area contributed by atoms with Crippen molar-refractivity contribution in [1.82, 2.24) is 0 Å². The maximum atomic E-state index is 10.8. The molecule has 2 nitrogen and oxygen atoms in total. The number of hydrogen-bond donors (Lipinski definition) is 1. The van der Waals surface area contributed by atoms with Crippen molar-refractivity contribution in [2.45, 2.75) is 0 Å². The molecule has 1 N–H and O–H groups in total. The lowest BCUT2D eigenvalue weighted by Crippen LogP contribution is -2.01. The van der Waals surface area contributed by atoms with Gasteiger partial charge >= 0.3 is 0 Å². The summed E-state index contributed by atoms with van der Waals surface area (Å²) in [6.45, 7) is 0. The van der Waals surface area contributed by atoms with Crippen LogP contribution in [0, 0.1) is 0 Å². The lowest BCUT2D eigenvalue weighted by atomic mass is 10.3. The van der Waals surface area contributed by atoms with Gasteiger partial charge in [-0.1, -0.05) is 26.6 Å². The predicted octanol–water partition coefficient (Wildman–Crippen LogP) is 2.74. The molecule has 0 bridgehead atoms. The number of carbonyl (C=O) groups is 1. The average molecular weight is 185 g/mol. The lowest BCUT2D eigenvalue weighted by molar-refractivity contribution is 0.270. The highest BCUT2D eigenvalue weighted by Gasteiger charge is 1.96. The molecule has 1 rings (SSSR count). The molecule has 0 heterocycles. The maximum absolute atomic E-state index is 10.8. The fourth-order valence-corrected chi connectivity index (χ4v) is 1.02. The van der Waals surface area contributed by atoms with Crippen LogP contribution in [0.25, 0.3) is 0 Å². The lowest BCUT2D eigenvalue weighted by Gasteiger charge is -1.99. The first-order valence-electron chi connectivity index (χ1n) is 3.05. The zero-order chi connectivity index (χ0) is 8.10. The summed E-state index contributed by atoms with van der Waals surface area (Å²) in [5.41, 5.74) is 0.826. The van der Waals surface area contributed by atoms with Crippen LogP contribution in [-0.2, 0) is 0 Å². The van der Waals surface area contributed by atoms with Crippen LogP contribution in [0.2, 0.25) is 0 Å². The minimum absolute atomic E-state index is 0.0683. The minimum Gasteiger partial charge on any atom is -0.317 e. The number of carbonyl (C=O) groups excluding carboxylic acids is 1. The van der Waals surface area contributed by atoms with Crippen LogP contribution in [0.5, 0.6) is 0 Å². The molecule has 0 aliphatic heterocycles. The van der Waals surface area contributed by atoms with E-state index in [-0.39, 0.29) is 5.24 Å². The summed E-state index contributed by atoms with van der Waals surface area (Å²) in [6, 6.07) is 9.35. The largest absolute Gasteiger partial charge is 0.317 e. The molecule has 1 atom stereocenters. The smallest absolute Gasteiger partial charge is 0.287 e. The van der Waals surface area contributed by atoms with E-state index in [1.807, 2.05) is 30.3 Å². The van der Waals surface area contributed by atoms with E-state index in [2.05, 4.69) is 13.8 Å². The highest BCUT2D eigenvalue weighted by atomic mass is 32.7. The maximum Gasteiger partial charge on any atom is 0.287 e. The summed E-state index contributed by atoms with van der Waals surface area (Å²) < 4.78 is 0. The molecule has 0 fully saturated rings. The van der Waals surface area contributed by atoms with Gasteiger partial charge in [-0.25, -0.2) is 0 Å². The molecule has 1 amide bonds. The molecule has 0 aliphatic carbocycles. The molecule has 1 aromatic rings. The quantitative estimate of drug-likeness (QED) is 0.681. The van der Waals surface area contributed by atoms with Crippen molar-refractivity contribution in [1.29, 1.82) is 0 Å². The third kappa shape index (κ3) is 2.91. The third-order valence-electron chi connectivity index (χ3n) is 1.13. The third-order valence-corrected chi connectivity index (χ3v) is 2.09. The van der Waals surface area contributed by atoms with Crippen molar-refractivity contribution in [3.05, 3.63) is 30.3 Å². The fraction of sp³-hybridized carbons (Fsp3) is 0. The van der Waals surface area contributed by atoms with Crippen LogP contribution in [-0.4, -0.2) is 5.24 Å². The Morgan fingerprint density at radius 1 is 1.36 bits per heavy atom. The van der Waals surface area contributed by atoms with E-state index in [1.165, 1.54) is 0 Å². The van der Waals surface area contributed by atoms with Gasteiger partial charge in [0, 0.05) is 5.69 Å². The molecule has 0 aromatic heterocycles. The van der Waals surface area contributed by atoms with E-state index in [4.69, 9.17) is 0 Å². The second-order valence-electron chi connectivity index (χ2n) is 1.90. The molecule has 0 saturated heterocycles. The molecule has 0 spiro atoms. The molecule has 1 unspecified atom stereocenters. The molecular formula is C7H8NOPS. The summed E-state index contributed by atoms with van der Waals surface area (Å²) in [4.78, 5) is 10.8. The Labute approximate surface area is 71.7 Å². The zero-order valence-electron chi connectivity index (χ0n) is 5.78. The summed E-state index contributed by atoms with van der Waals surface area (Å²) >= 11 is 1.09. The Bertz CT molecular complexity index is 239. The van der Waals surface area contributed by atoms with Crippen LogP contribution in [0.15, 0.2) is 30.3 Å². The number of para-hydroxylation sites is 1. The van der Waals surface area contributed by atoms with Crippen LogP contribution in [0.4, 0.5) is 10.5 Å². The first kappa shape index (κ1) is 8.57. The first-order valence-corrected chi connectivity index (χ1v) is 5.35. The van der Waals surface area contributed by atoms with Gasteiger partial charge in [0.25, 0.3) is 5.24 Å². The van der Waals surface area contributed by atoms with Crippen molar-refractivity contribution in [2.24, 2.45) is 0 Å². The molecular weight excluding hydrogens is 177 g/mol. The highest BCUT2D eigenvalue weighted by Crippen LogP contribution is 2.15. The Hall–Kier alpha value is -0.530. The van der Waals surface area contributed by atoms with Gasteiger partial charge in [-0.15, -0.1) is 0 Å². The topological polar surface area (TPSA) is 29.1 Å². The zero-order valence-corrected chi connectivity index (χ0v) is 7.75. The molecule has 0 radical (unpaired) electrons. The average Bonchev–Trinajstić information content (AvgIpc) is 2.06. The predicted molar refractivity (Wildman–Crippen MR) is 52.8 cm³/mol. The summed E-state index contributed by atoms with van der Waals surface area (Å²) in [5, 5.41) is 2.63. The van der Waals surface area contributed by atoms with Crippen LogP contribution in [0.3, 0.4) is 0 Å².